The molecule has 0 fully saturated rings. The van der Waals surface area contributed by atoms with Gasteiger partial charge >= 0.3 is 6.18 Å². The second-order valence-electron chi connectivity index (χ2n) is 6.14. The van der Waals surface area contributed by atoms with Gasteiger partial charge in [-0.15, -0.1) is 5.92 Å². The highest BCUT2D eigenvalue weighted by molar-refractivity contribution is 14.1. The maximum atomic E-state index is 12.9. The molecule has 138 valence electrons. The molecule has 0 saturated heterocycles. The molecular formula is C18H17F3IN3O. The molecule has 1 amide bonds. The smallest absolute Gasteiger partial charge is 0.323 e. The van der Waals surface area contributed by atoms with Gasteiger partial charge in [0, 0.05) is 11.3 Å². The lowest BCUT2D eigenvalue weighted by Gasteiger charge is -2.26. The molecule has 0 bridgehead atoms. The fourth-order valence-corrected chi connectivity index (χ4v) is 2.75. The van der Waals surface area contributed by atoms with Gasteiger partial charge in [0.15, 0.2) is 0 Å². The van der Waals surface area contributed by atoms with E-state index in [9.17, 15) is 18.0 Å². The summed E-state index contributed by atoms with van der Waals surface area (Å²) in [5.41, 5.74) is -0.687. The van der Waals surface area contributed by atoms with Crippen molar-refractivity contribution >= 4 is 34.2 Å². The van der Waals surface area contributed by atoms with E-state index in [2.05, 4.69) is 44.8 Å². The summed E-state index contributed by atoms with van der Waals surface area (Å²) in [5, 5.41) is 6.90. The Bertz CT molecular complexity index is 905. The number of nitrogens with one attached hydrogen (secondary N) is 1. The van der Waals surface area contributed by atoms with E-state index in [1.54, 1.807) is 24.7 Å². The Hall–Kier alpha value is -2.02. The number of benzene rings is 1. The third-order valence-electron chi connectivity index (χ3n) is 3.89. The molecular weight excluding hydrogens is 458 g/mol. The monoisotopic (exact) mass is 475 g/mol. The first kappa shape index (κ1) is 20.3. The molecule has 4 nitrogen and oxygen atoms in total. The summed E-state index contributed by atoms with van der Waals surface area (Å²) in [7, 11) is 0. The predicted octanol–water partition coefficient (Wildman–Crippen LogP) is 4.56. The zero-order chi connectivity index (χ0) is 19.7. The van der Waals surface area contributed by atoms with E-state index >= 15 is 0 Å². The number of hydrogen-bond donors (Lipinski definition) is 1. The van der Waals surface area contributed by atoms with Crippen molar-refractivity contribution in [2.45, 2.75) is 39.4 Å². The summed E-state index contributed by atoms with van der Waals surface area (Å²) in [6, 6.07) is 3.07. The number of nitrogens with zero attached hydrogens (tertiary/aromatic N) is 2. The Kier molecular flexibility index (Phi) is 5.70. The van der Waals surface area contributed by atoms with Gasteiger partial charge in [-0.3, -0.25) is 9.48 Å². The first-order valence-corrected chi connectivity index (χ1v) is 8.72. The van der Waals surface area contributed by atoms with E-state index < -0.39 is 23.2 Å². The van der Waals surface area contributed by atoms with Crippen molar-refractivity contribution in [3.05, 3.63) is 44.8 Å². The number of halogens is 4. The fourth-order valence-electron chi connectivity index (χ4n) is 2.39. The summed E-state index contributed by atoms with van der Waals surface area (Å²) in [5.74, 6) is 4.78. The molecule has 26 heavy (non-hydrogen) atoms. The minimum Gasteiger partial charge on any atom is -0.323 e. The number of amides is 1. The molecule has 0 spiro atoms. The van der Waals surface area contributed by atoms with Crippen LogP contribution in [0.3, 0.4) is 0 Å². The molecule has 0 aliphatic rings. The van der Waals surface area contributed by atoms with Crippen molar-refractivity contribution in [2.75, 3.05) is 5.32 Å². The molecule has 8 heteroatoms. The van der Waals surface area contributed by atoms with Crippen LogP contribution in [0.5, 0.6) is 0 Å². The standard InChI is InChI=1S/C18H17F3IN3O/c1-5-6-12-9-13(18(19,20)21)7-8-15(12)24-16(26)17(3,4)25-11(2)14(22)10-23-25/h7-10H,1-4H3,(H,24,26). The number of rotatable bonds is 3. The van der Waals surface area contributed by atoms with E-state index in [-0.39, 0.29) is 11.3 Å². The van der Waals surface area contributed by atoms with Gasteiger partial charge in [-0.1, -0.05) is 5.92 Å². The van der Waals surface area contributed by atoms with Crippen LogP contribution in [0.15, 0.2) is 24.4 Å². The summed E-state index contributed by atoms with van der Waals surface area (Å²) >= 11 is 2.12. The second-order valence-corrected chi connectivity index (χ2v) is 7.30. The Balaban J connectivity index is 2.39. The van der Waals surface area contributed by atoms with Crippen LogP contribution >= 0.6 is 22.6 Å². The summed E-state index contributed by atoms with van der Waals surface area (Å²) in [6.45, 7) is 6.74. The number of hydrogen-bond acceptors (Lipinski definition) is 2. The minimum atomic E-state index is -4.48. The number of anilines is 1. The molecule has 1 aromatic carbocycles. The van der Waals surface area contributed by atoms with Gasteiger partial charge in [-0.05, 0) is 68.5 Å². The first-order valence-electron chi connectivity index (χ1n) is 7.64. The highest BCUT2D eigenvalue weighted by atomic mass is 127. The lowest BCUT2D eigenvalue weighted by Crippen LogP contribution is -2.41. The van der Waals surface area contributed by atoms with Crippen molar-refractivity contribution in [3.63, 3.8) is 0 Å². The van der Waals surface area contributed by atoms with Gasteiger partial charge < -0.3 is 5.32 Å². The summed E-state index contributed by atoms with van der Waals surface area (Å²) < 4.78 is 41.2. The zero-order valence-electron chi connectivity index (χ0n) is 14.6. The van der Waals surface area contributed by atoms with Crippen molar-refractivity contribution in [2.24, 2.45) is 0 Å². The van der Waals surface area contributed by atoms with Crippen LogP contribution < -0.4 is 5.32 Å². The van der Waals surface area contributed by atoms with E-state index in [0.717, 1.165) is 21.4 Å². The normalized spacial score (nSPS) is 11.7. The lowest BCUT2D eigenvalue weighted by molar-refractivity contribution is -0.137. The molecule has 2 aromatic rings. The molecule has 1 heterocycles. The number of aromatic nitrogens is 2. The van der Waals surface area contributed by atoms with Gasteiger partial charge in [0.25, 0.3) is 5.91 Å². The third-order valence-corrected chi connectivity index (χ3v) is 4.95. The molecule has 0 aliphatic heterocycles. The number of carbonyl (C=O) groups excluding carboxylic acids is 1. The van der Waals surface area contributed by atoms with Crippen LogP contribution in [-0.2, 0) is 16.5 Å². The topological polar surface area (TPSA) is 46.9 Å². The van der Waals surface area contributed by atoms with Crippen molar-refractivity contribution in [1.29, 1.82) is 0 Å². The van der Waals surface area contributed by atoms with Crippen LogP contribution in [0.1, 0.15) is 37.6 Å². The van der Waals surface area contributed by atoms with Crippen LogP contribution in [0.25, 0.3) is 0 Å². The number of alkyl halides is 3. The highest BCUT2D eigenvalue weighted by Crippen LogP contribution is 2.32. The summed E-state index contributed by atoms with van der Waals surface area (Å²) in [6.07, 6.45) is -2.83. The van der Waals surface area contributed by atoms with Gasteiger partial charge in [-0.25, -0.2) is 0 Å². The van der Waals surface area contributed by atoms with Gasteiger partial charge in [0.1, 0.15) is 5.54 Å². The predicted molar refractivity (Wildman–Crippen MR) is 102 cm³/mol. The molecule has 0 saturated carbocycles. The van der Waals surface area contributed by atoms with Crippen molar-refractivity contribution in [3.8, 4) is 11.8 Å². The Morgan fingerprint density at radius 1 is 1.31 bits per heavy atom. The van der Waals surface area contributed by atoms with Gasteiger partial charge in [0.05, 0.1) is 21.0 Å². The average molecular weight is 475 g/mol. The first-order chi connectivity index (χ1) is 12.0. The van der Waals surface area contributed by atoms with Gasteiger partial charge in [-0.2, -0.15) is 18.3 Å². The molecule has 0 atom stereocenters. The minimum absolute atomic E-state index is 0.109. The van der Waals surface area contributed by atoms with E-state index in [4.69, 9.17) is 0 Å². The lowest BCUT2D eigenvalue weighted by atomic mass is 10.0. The van der Waals surface area contributed by atoms with Crippen LogP contribution in [-0.4, -0.2) is 15.7 Å². The van der Waals surface area contributed by atoms with Crippen molar-refractivity contribution < 1.29 is 18.0 Å². The Morgan fingerprint density at radius 2 is 1.96 bits per heavy atom. The van der Waals surface area contributed by atoms with Crippen LogP contribution in [0.4, 0.5) is 18.9 Å². The molecule has 0 aliphatic carbocycles. The molecule has 2 rings (SSSR count). The van der Waals surface area contributed by atoms with Crippen LogP contribution in [0, 0.1) is 22.3 Å². The average Bonchev–Trinajstić information content (AvgIpc) is 2.88. The SMILES string of the molecule is CC#Cc1cc(C(F)(F)F)ccc1NC(=O)C(C)(C)n1ncc(I)c1C. The quantitative estimate of drug-likeness (QED) is 0.523. The molecule has 1 N–H and O–H groups in total. The summed E-state index contributed by atoms with van der Waals surface area (Å²) in [4.78, 5) is 12.8. The maximum Gasteiger partial charge on any atom is 0.416 e. The Labute approximate surface area is 163 Å². The second kappa shape index (κ2) is 7.31. The van der Waals surface area contributed by atoms with E-state index in [0.29, 0.717) is 0 Å². The zero-order valence-corrected chi connectivity index (χ0v) is 16.8. The largest absolute Gasteiger partial charge is 0.416 e. The fraction of sp³-hybridized carbons (Fsp3) is 0.333. The van der Waals surface area contributed by atoms with Gasteiger partial charge in [0.2, 0.25) is 0 Å². The van der Waals surface area contributed by atoms with Crippen LogP contribution in [0.2, 0.25) is 0 Å². The molecule has 0 unspecified atom stereocenters. The number of carbonyl (C=O) groups is 1. The third kappa shape index (κ3) is 4.03. The Morgan fingerprint density at radius 3 is 2.46 bits per heavy atom. The van der Waals surface area contributed by atoms with Crippen molar-refractivity contribution in [1.82, 2.24) is 9.78 Å². The molecule has 1 aromatic heterocycles. The van der Waals surface area contributed by atoms with E-state index in [1.165, 1.54) is 13.0 Å². The highest BCUT2D eigenvalue weighted by Gasteiger charge is 2.34. The van der Waals surface area contributed by atoms with E-state index in [1.807, 2.05) is 6.92 Å². The molecule has 0 radical (unpaired) electrons. The maximum absolute atomic E-state index is 12.9.